The zero-order valence-electron chi connectivity index (χ0n) is 11.2. The van der Waals surface area contributed by atoms with Crippen LogP contribution in [0.15, 0.2) is 18.2 Å². The van der Waals surface area contributed by atoms with Crippen molar-refractivity contribution in [3.8, 4) is 0 Å². The molecule has 1 aromatic carbocycles. The Morgan fingerprint density at radius 2 is 1.95 bits per heavy atom. The fourth-order valence-electron chi connectivity index (χ4n) is 1.35. The lowest BCUT2D eigenvalue weighted by Crippen LogP contribution is -2.48. The van der Waals surface area contributed by atoms with Crippen molar-refractivity contribution < 1.29 is 13.6 Å². The highest BCUT2D eigenvalue weighted by Crippen LogP contribution is 2.17. The summed E-state index contributed by atoms with van der Waals surface area (Å²) >= 11 is 0. The van der Waals surface area contributed by atoms with Gasteiger partial charge < -0.3 is 11.1 Å². The number of carbonyl (C=O) groups excluding carboxylic acids is 1. The number of benzene rings is 1. The first kappa shape index (κ1) is 17.8. The summed E-state index contributed by atoms with van der Waals surface area (Å²) in [7, 11) is 0. The van der Waals surface area contributed by atoms with Gasteiger partial charge in [0, 0.05) is 18.2 Å². The predicted molar refractivity (Wildman–Crippen MR) is 72.9 cm³/mol. The molecule has 0 heterocycles. The van der Waals surface area contributed by atoms with E-state index in [4.69, 9.17) is 5.73 Å². The van der Waals surface area contributed by atoms with Gasteiger partial charge in [0.2, 0.25) is 5.91 Å². The van der Waals surface area contributed by atoms with Crippen molar-refractivity contribution in [3.63, 3.8) is 0 Å². The standard InChI is InChI=1S/C13H18F2N2O.ClH/c1-13(2,3)11(16)12(18)17-7-8-4-5-9(14)6-10(8)15;/h4-6,11H,7,16H2,1-3H3,(H,17,18);1H/t11-;/m1./s1. The lowest BCUT2D eigenvalue weighted by Gasteiger charge is -2.25. The molecule has 0 bridgehead atoms. The van der Waals surface area contributed by atoms with Gasteiger partial charge in [0.25, 0.3) is 0 Å². The van der Waals surface area contributed by atoms with E-state index in [2.05, 4.69) is 5.32 Å². The van der Waals surface area contributed by atoms with Crippen LogP contribution in [0.4, 0.5) is 8.78 Å². The summed E-state index contributed by atoms with van der Waals surface area (Å²) in [5.41, 5.74) is 5.61. The molecule has 0 aliphatic rings. The van der Waals surface area contributed by atoms with Crippen LogP contribution in [0, 0.1) is 17.0 Å². The van der Waals surface area contributed by atoms with Crippen LogP contribution in [0.1, 0.15) is 26.3 Å². The first-order chi connectivity index (χ1) is 8.21. The molecule has 1 aromatic rings. The molecule has 1 amide bonds. The summed E-state index contributed by atoms with van der Waals surface area (Å²) in [4.78, 5) is 11.7. The molecule has 1 atom stereocenters. The number of rotatable bonds is 3. The van der Waals surface area contributed by atoms with Gasteiger partial charge >= 0.3 is 0 Å². The average molecular weight is 293 g/mol. The Morgan fingerprint density at radius 1 is 1.37 bits per heavy atom. The van der Waals surface area contributed by atoms with Gasteiger partial charge in [0.05, 0.1) is 6.04 Å². The molecule has 0 aliphatic heterocycles. The topological polar surface area (TPSA) is 55.1 Å². The van der Waals surface area contributed by atoms with Crippen LogP contribution in [0.2, 0.25) is 0 Å². The van der Waals surface area contributed by atoms with E-state index < -0.39 is 17.7 Å². The largest absolute Gasteiger partial charge is 0.351 e. The Hall–Kier alpha value is -1.20. The highest BCUT2D eigenvalue weighted by Gasteiger charge is 2.27. The minimum Gasteiger partial charge on any atom is -0.351 e. The van der Waals surface area contributed by atoms with Crippen LogP contribution in [0.25, 0.3) is 0 Å². The van der Waals surface area contributed by atoms with E-state index in [0.717, 1.165) is 12.1 Å². The Kier molecular flexibility index (Phi) is 6.39. The fourth-order valence-corrected chi connectivity index (χ4v) is 1.35. The molecule has 0 saturated heterocycles. The van der Waals surface area contributed by atoms with Gasteiger partial charge in [-0.05, 0) is 11.5 Å². The number of hydrogen-bond acceptors (Lipinski definition) is 2. The summed E-state index contributed by atoms with van der Waals surface area (Å²) in [6.45, 7) is 5.52. The zero-order valence-corrected chi connectivity index (χ0v) is 12.0. The van der Waals surface area contributed by atoms with Gasteiger partial charge in [-0.2, -0.15) is 0 Å². The van der Waals surface area contributed by atoms with E-state index in [0.29, 0.717) is 0 Å². The van der Waals surface area contributed by atoms with Crippen LogP contribution in [0.5, 0.6) is 0 Å². The number of hydrogen-bond donors (Lipinski definition) is 2. The maximum atomic E-state index is 13.3. The summed E-state index contributed by atoms with van der Waals surface area (Å²) in [6, 6.07) is 2.55. The SMILES string of the molecule is CC(C)(C)[C@H](N)C(=O)NCc1ccc(F)cc1F.Cl. The maximum Gasteiger partial charge on any atom is 0.237 e. The van der Waals surface area contributed by atoms with Crippen molar-refractivity contribution in [1.82, 2.24) is 5.32 Å². The van der Waals surface area contributed by atoms with Crippen LogP contribution in [-0.4, -0.2) is 11.9 Å². The van der Waals surface area contributed by atoms with Gasteiger partial charge in [-0.3, -0.25) is 4.79 Å². The third-order valence-corrected chi connectivity index (χ3v) is 2.68. The number of amides is 1. The van der Waals surface area contributed by atoms with E-state index in [-0.39, 0.29) is 35.8 Å². The van der Waals surface area contributed by atoms with Crippen molar-refractivity contribution in [1.29, 1.82) is 0 Å². The molecule has 3 N–H and O–H groups in total. The predicted octanol–water partition coefficient (Wildman–Crippen LogP) is 2.38. The molecular weight excluding hydrogens is 274 g/mol. The van der Waals surface area contributed by atoms with Gasteiger partial charge in [0.1, 0.15) is 11.6 Å². The number of nitrogens with one attached hydrogen (secondary N) is 1. The first-order valence-electron chi connectivity index (χ1n) is 5.69. The lowest BCUT2D eigenvalue weighted by atomic mass is 9.87. The summed E-state index contributed by atoms with van der Waals surface area (Å²) in [5, 5.41) is 2.54. The second-order valence-electron chi connectivity index (χ2n) is 5.30. The first-order valence-corrected chi connectivity index (χ1v) is 5.69. The highest BCUT2D eigenvalue weighted by atomic mass is 35.5. The van der Waals surface area contributed by atoms with E-state index in [1.54, 1.807) is 0 Å². The second kappa shape index (κ2) is 6.82. The van der Waals surface area contributed by atoms with Gasteiger partial charge in [-0.15, -0.1) is 12.4 Å². The normalized spacial score (nSPS) is 12.5. The summed E-state index contributed by atoms with van der Waals surface area (Å²) in [5.74, 6) is -1.68. The Balaban J connectivity index is 0.00000324. The van der Waals surface area contributed by atoms with Crippen LogP contribution >= 0.6 is 12.4 Å². The quantitative estimate of drug-likeness (QED) is 0.899. The van der Waals surface area contributed by atoms with E-state index in [1.807, 2.05) is 20.8 Å². The van der Waals surface area contributed by atoms with Crippen LogP contribution in [0.3, 0.4) is 0 Å². The monoisotopic (exact) mass is 292 g/mol. The van der Waals surface area contributed by atoms with E-state index in [9.17, 15) is 13.6 Å². The van der Waals surface area contributed by atoms with Crippen molar-refractivity contribution in [2.45, 2.75) is 33.4 Å². The molecule has 6 heteroatoms. The Labute approximate surface area is 118 Å². The minimum atomic E-state index is -0.681. The molecule has 19 heavy (non-hydrogen) atoms. The van der Waals surface area contributed by atoms with Crippen molar-refractivity contribution in [2.24, 2.45) is 11.1 Å². The second-order valence-corrected chi connectivity index (χ2v) is 5.30. The summed E-state index contributed by atoms with van der Waals surface area (Å²) < 4.78 is 26.0. The molecule has 3 nitrogen and oxygen atoms in total. The molecule has 1 rings (SSSR count). The smallest absolute Gasteiger partial charge is 0.237 e. The van der Waals surface area contributed by atoms with Gasteiger partial charge in [-0.25, -0.2) is 8.78 Å². The highest BCUT2D eigenvalue weighted by molar-refractivity contribution is 5.85. The third-order valence-electron chi connectivity index (χ3n) is 2.68. The molecule has 0 spiro atoms. The van der Waals surface area contributed by atoms with Crippen LogP contribution < -0.4 is 11.1 Å². The van der Waals surface area contributed by atoms with E-state index >= 15 is 0 Å². The number of carbonyl (C=O) groups is 1. The van der Waals surface area contributed by atoms with Gasteiger partial charge in [0.15, 0.2) is 0 Å². The lowest BCUT2D eigenvalue weighted by molar-refractivity contribution is -0.124. The molecule has 0 fully saturated rings. The van der Waals surface area contributed by atoms with Crippen molar-refractivity contribution in [3.05, 3.63) is 35.4 Å². The molecule has 0 saturated carbocycles. The molecular formula is C13H19ClF2N2O. The minimum absolute atomic E-state index is 0. The Bertz CT molecular complexity index is 447. The van der Waals surface area contributed by atoms with E-state index in [1.165, 1.54) is 6.07 Å². The van der Waals surface area contributed by atoms with Gasteiger partial charge in [-0.1, -0.05) is 26.8 Å². The molecule has 0 unspecified atom stereocenters. The maximum absolute atomic E-state index is 13.3. The van der Waals surface area contributed by atoms with Crippen LogP contribution in [-0.2, 0) is 11.3 Å². The molecule has 0 aliphatic carbocycles. The molecule has 0 radical (unpaired) electrons. The molecule has 108 valence electrons. The number of halogens is 3. The summed E-state index contributed by atoms with van der Waals surface area (Å²) in [6.07, 6.45) is 0. The molecule has 0 aromatic heterocycles. The average Bonchev–Trinajstić information content (AvgIpc) is 2.25. The number of nitrogens with two attached hydrogens (primary N) is 1. The van der Waals surface area contributed by atoms with Crippen molar-refractivity contribution >= 4 is 18.3 Å². The fraction of sp³-hybridized carbons (Fsp3) is 0.462. The van der Waals surface area contributed by atoms with Crippen molar-refractivity contribution in [2.75, 3.05) is 0 Å². The Morgan fingerprint density at radius 3 is 2.42 bits per heavy atom. The zero-order chi connectivity index (χ0) is 13.9. The third kappa shape index (κ3) is 5.12.